The molecule has 2 nitrogen and oxygen atoms in total. The molecule has 2 heterocycles. The summed E-state index contributed by atoms with van der Waals surface area (Å²) >= 11 is 4.26. The van der Waals surface area contributed by atoms with Gasteiger partial charge >= 0.3 is 0 Å². The molecule has 0 aliphatic carbocycles. The second kappa shape index (κ2) is 5.42. The van der Waals surface area contributed by atoms with Crippen LogP contribution in [0, 0.1) is 9.68 Å². The Morgan fingerprint density at radius 1 is 1.57 bits per heavy atom. The van der Waals surface area contributed by atoms with Crippen LogP contribution in [0.3, 0.4) is 0 Å². The maximum atomic E-state index is 5.47. The molecule has 1 fully saturated rings. The van der Waals surface area contributed by atoms with E-state index < -0.39 is 0 Å². The molecule has 0 aromatic carbocycles. The van der Waals surface area contributed by atoms with Gasteiger partial charge in [-0.2, -0.15) is 11.8 Å². The third kappa shape index (κ3) is 3.17. The number of furan rings is 1. The largest absolute Gasteiger partial charge is 0.454 e. The third-order valence-electron chi connectivity index (χ3n) is 2.39. The molecule has 78 valence electrons. The molecule has 4 heteroatoms. The predicted octanol–water partition coefficient (Wildman–Crippen LogP) is 2.73. The Bertz CT molecular complexity index is 283. The van der Waals surface area contributed by atoms with Crippen molar-refractivity contribution in [1.29, 1.82) is 0 Å². The average Bonchev–Trinajstić information content (AvgIpc) is 2.77. The summed E-state index contributed by atoms with van der Waals surface area (Å²) in [7, 11) is 0. The van der Waals surface area contributed by atoms with E-state index in [1.807, 2.05) is 12.1 Å². The zero-order valence-corrected chi connectivity index (χ0v) is 10.9. The van der Waals surface area contributed by atoms with Gasteiger partial charge < -0.3 is 9.73 Å². The SMILES string of the molecule is Ic1ccc(CNCC2CCSC2)o1. The van der Waals surface area contributed by atoms with Crippen LogP contribution >= 0.6 is 34.4 Å². The van der Waals surface area contributed by atoms with Gasteiger partial charge in [0.15, 0.2) is 3.77 Å². The van der Waals surface area contributed by atoms with E-state index in [-0.39, 0.29) is 0 Å². The number of nitrogens with one attached hydrogen (secondary N) is 1. The van der Waals surface area contributed by atoms with Crippen LogP contribution in [0.5, 0.6) is 0 Å². The number of hydrogen-bond acceptors (Lipinski definition) is 3. The highest BCUT2D eigenvalue weighted by molar-refractivity contribution is 14.1. The summed E-state index contributed by atoms with van der Waals surface area (Å²) < 4.78 is 6.44. The van der Waals surface area contributed by atoms with E-state index in [1.54, 1.807) is 0 Å². The summed E-state index contributed by atoms with van der Waals surface area (Å²) in [5.74, 6) is 4.57. The zero-order valence-electron chi connectivity index (χ0n) is 7.96. The predicted molar refractivity (Wildman–Crippen MR) is 68.6 cm³/mol. The van der Waals surface area contributed by atoms with Gasteiger partial charge in [0.25, 0.3) is 0 Å². The van der Waals surface area contributed by atoms with Crippen LogP contribution in [0.25, 0.3) is 0 Å². The van der Waals surface area contributed by atoms with Crippen molar-refractivity contribution in [2.75, 3.05) is 18.1 Å². The first-order valence-electron chi connectivity index (χ1n) is 4.87. The highest BCUT2D eigenvalue weighted by Crippen LogP contribution is 2.22. The highest BCUT2D eigenvalue weighted by atomic mass is 127. The van der Waals surface area contributed by atoms with Gasteiger partial charge in [-0.3, -0.25) is 0 Å². The summed E-state index contributed by atoms with van der Waals surface area (Å²) in [6, 6.07) is 4.04. The molecule has 2 rings (SSSR count). The van der Waals surface area contributed by atoms with E-state index >= 15 is 0 Å². The second-order valence-corrected chi connectivity index (χ2v) is 5.78. The van der Waals surface area contributed by atoms with Crippen LogP contribution in [-0.4, -0.2) is 18.1 Å². The van der Waals surface area contributed by atoms with E-state index in [0.29, 0.717) is 0 Å². The minimum Gasteiger partial charge on any atom is -0.454 e. The Balaban J connectivity index is 1.67. The van der Waals surface area contributed by atoms with Crippen LogP contribution in [0.1, 0.15) is 12.2 Å². The molecule has 1 aliphatic rings. The lowest BCUT2D eigenvalue weighted by atomic mass is 10.1. The van der Waals surface area contributed by atoms with Crippen molar-refractivity contribution in [3.8, 4) is 0 Å². The fourth-order valence-electron chi connectivity index (χ4n) is 1.59. The van der Waals surface area contributed by atoms with Crippen LogP contribution < -0.4 is 5.32 Å². The van der Waals surface area contributed by atoms with Crippen LogP contribution in [0.2, 0.25) is 0 Å². The summed E-state index contributed by atoms with van der Waals surface area (Å²) in [6.07, 6.45) is 1.37. The molecule has 1 saturated heterocycles. The number of rotatable bonds is 4. The molecule has 0 spiro atoms. The summed E-state index contributed by atoms with van der Waals surface area (Å²) in [6.45, 7) is 1.99. The van der Waals surface area contributed by atoms with Crippen LogP contribution in [-0.2, 0) is 6.54 Å². The third-order valence-corrected chi connectivity index (χ3v) is 4.20. The Labute approximate surface area is 102 Å². The number of thioether (sulfide) groups is 1. The van der Waals surface area contributed by atoms with Crippen molar-refractivity contribution in [2.45, 2.75) is 13.0 Å². The van der Waals surface area contributed by atoms with Gasteiger partial charge in [-0.05, 0) is 65.1 Å². The first-order valence-corrected chi connectivity index (χ1v) is 7.10. The Hall–Kier alpha value is 0.320. The van der Waals surface area contributed by atoms with Crippen LogP contribution in [0.15, 0.2) is 16.5 Å². The molecule has 1 atom stereocenters. The quantitative estimate of drug-likeness (QED) is 0.863. The molecule has 1 aromatic heterocycles. The first kappa shape index (κ1) is 10.8. The Morgan fingerprint density at radius 2 is 2.50 bits per heavy atom. The van der Waals surface area contributed by atoms with Crippen molar-refractivity contribution >= 4 is 34.4 Å². The molecule has 1 unspecified atom stereocenters. The zero-order chi connectivity index (χ0) is 9.80. The standard InChI is InChI=1S/C10H14INOS/c11-10-2-1-9(13-10)6-12-5-8-3-4-14-7-8/h1-2,8,12H,3-7H2. The monoisotopic (exact) mass is 323 g/mol. The fraction of sp³-hybridized carbons (Fsp3) is 0.600. The van der Waals surface area contributed by atoms with Gasteiger partial charge in [-0.1, -0.05) is 0 Å². The van der Waals surface area contributed by atoms with E-state index in [1.165, 1.54) is 17.9 Å². The van der Waals surface area contributed by atoms with E-state index in [2.05, 4.69) is 39.7 Å². The van der Waals surface area contributed by atoms with Gasteiger partial charge in [0.05, 0.1) is 6.54 Å². The topological polar surface area (TPSA) is 25.2 Å². The molecule has 0 radical (unpaired) electrons. The van der Waals surface area contributed by atoms with E-state index in [4.69, 9.17) is 4.42 Å². The van der Waals surface area contributed by atoms with Crippen molar-refractivity contribution in [1.82, 2.24) is 5.32 Å². The molecule has 1 N–H and O–H groups in total. The van der Waals surface area contributed by atoms with Crippen LogP contribution in [0.4, 0.5) is 0 Å². The molecule has 1 aliphatic heterocycles. The number of halogens is 1. The maximum absolute atomic E-state index is 5.47. The highest BCUT2D eigenvalue weighted by Gasteiger charge is 2.14. The lowest BCUT2D eigenvalue weighted by Gasteiger charge is -2.08. The first-order chi connectivity index (χ1) is 6.84. The van der Waals surface area contributed by atoms with E-state index in [0.717, 1.165) is 28.5 Å². The molecular formula is C10H14INOS. The van der Waals surface area contributed by atoms with Gasteiger partial charge in [-0.15, -0.1) is 0 Å². The van der Waals surface area contributed by atoms with E-state index in [9.17, 15) is 0 Å². The van der Waals surface area contributed by atoms with Gasteiger partial charge in [0.1, 0.15) is 5.76 Å². The summed E-state index contributed by atoms with van der Waals surface area (Å²) in [4.78, 5) is 0. The lowest BCUT2D eigenvalue weighted by molar-refractivity contribution is 0.444. The minimum atomic E-state index is 0.865. The number of hydrogen-bond donors (Lipinski definition) is 1. The normalized spacial score (nSPS) is 21.6. The van der Waals surface area contributed by atoms with Gasteiger partial charge in [0, 0.05) is 0 Å². The van der Waals surface area contributed by atoms with Gasteiger partial charge in [-0.25, -0.2) is 0 Å². The Kier molecular flexibility index (Phi) is 4.19. The van der Waals surface area contributed by atoms with Gasteiger partial charge in [0.2, 0.25) is 0 Å². The summed E-state index contributed by atoms with van der Waals surface area (Å²) in [5.41, 5.74) is 0. The van der Waals surface area contributed by atoms with Crippen molar-refractivity contribution in [2.24, 2.45) is 5.92 Å². The molecule has 14 heavy (non-hydrogen) atoms. The molecular weight excluding hydrogens is 309 g/mol. The fourth-order valence-corrected chi connectivity index (χ4v) is 3.34. The average molecular weight is 323 g/mol. The second-order valence-electron chi connectivity index (χ2n) is 3.57. The molecule has 1 aromatic rings. The lowest BCUT2D eigenvalue weighted by Crippen LogP contribution is -2.21. The minimum absolute atomic E-state index is 0.865. The maximum Gasteiger partial charge on any atom is 0.164 e. The molecule has 0 bridgehead atoms. The van der Waals surface area contributed by atoms with Crippen molar-refractivity contribution in [3.05, 3.63) is 21.7 Å². The summed E-state index contributed by atoms with van der Waals surface area (Å²) in [5, 5.41) is 3.45. The smallest absolute Gasteiger partial charge is 0.164 e. The molecule has 0 saturated carbocycles. The Morgan fingerprint density at radius 3 is 3.14 bits per heavy atom. The molecule has 0 amide bonds. The van der Waals surface area contributed by atoms with Crippen molar-refractivity contribution < 1.29 is 4.42 Å². The van der Waals surface area contributed by atoms with Crippen molar-refractivity contribution in [3.63, 3.8) is 0 Å².